The first-order valence-electron chi connectivity index (χ1n) is 11.4. The van der Waals surface area contributed by atoms with Crippen LogP contribution in [0.5, 0.6) is 11.6 Å². The van der Waals surface area contributed by atoms with E-state index in [1.54, 1.807) is 0 Å². The molecule has 0 aliphatic heterocycles. The first kappa shape index (κ1) is 22.5. The maximum atomic E-state index is 10.5. The van der Waals surface area contributed by atoms with Crippen LogP contribution in [-0.2, 0) is 11.3 Å². The predicted octanol–water partition coefficient (Wildman–Crippen LogP) is 4.64. The second-order valence-electron chi connectivity index (χ2n) is 8.51. The molecule has 170 valence electrons. The lowest BCUT2D eigenvalue weighted by Gasteiger charge is -2.25. The predicted molar refractivity (Wildman–Crippen MR) is 125 cm³/mol. The number of ether oxygens (including phenoxy) is 2. The van der Waals surface area contributed by atoms with Crippen molar-refractivity contribution in [1.29, 1.82) is 0 Å². The van der Waals surface area contributed by atoms with E-state index in [1.165, 1.54) is 0 Å². The van der Waals surface area contributed by atoms with Crippen LogP contribution in [-0.4, -0.2) is 51.7 Å². The van der Waals surface area contributed by atoms with E-state index in [1.807, 2.05) is 67.1 Å². The Balaban J connectivity index is 1.66. The molecule has 1 N–H and O–H groups in total. The van der Waals surface area contributed by atoms with Gasteiger partial charge < -0.3 is 14.6 Å². The van der Waals surface area contributed by atoms with Crippen LogP contribution in [0.15, 0.2) is 54.6 Å². The lowest BCUT2D eigenvalue weighted by Crippen LogP contribution is -2.36. The molecule has 0 bridgehead atoms. The normalized spacial score (nSPS) is 14.7. The molecule has 1 fully saturated rings. The third-order valence-electron chi connectivity index (χ3n) is 5.73. The Kier molecular flexibility index (Phi) is 7.25. The number of aryl methyl sites for hydroxylation is 2. The van der Waals surface area contributed by atoms with Crippen molar-refractivity contribution < 1.29 is 14.6 Å². The highest BCUT2D eigenvalue weighted by molar-refractivity contribution is 5.43. The van der Waals surface area contributed by atoms with E-state index in [4.69, 9.17) is 14.6 Å². The molecule has 32 heavy (non-hydrogen) atoms. The zero-order valence-electron chi connectivity index (χ0n) is 19.2. The van der Waals surface area contributed by atoms with Gasteiger partial charge in [0.2, 0.25) is 5.88 Å². The fourth-order valence-electron chi connectivity index (χ4n) is 3.92. The van der Waals surface area contributed by atoms with Crippen molar-refractivity contribution in [3.05, 3.63) is 71.4 Å². The maximum absolute atomic E-state index is 10.5. The van der Waals surface area contributed by atoms with Gasteiger partial charge in [-0.15, -0.1) is 0 Å². The topological polar surface area (TPSA) is 59.8 Å². The molecular formula is C26H33N3O3. The Morgan fingerprint density at radius 2 is 1.91 bits per heavy atom. The molecule has 0 radical (unpaired) electrons. The monoisotopic (exact) mass is 435 g/mol. The van der Waals surface area contributed by atoms with Crippen molar-refractivity contribution >= 4 is 0 Å². The summed E-state index contributed by atoms with van der Waals surface area (Å²) in [7, 11) is 0. The van der Waals surface area contributed by atoms with Gasteiger partial charge in [0.15, 0.2) is 0 Å². The van der Waals surface area contributed by atoms with E-state index < -0.39 is 6.10 Å². The lowest BCUT2D eigenvalue weighted by molar-refractivity contribution is 0.0177. The van der Waals surface area contributed by atoms with Crippen LogP contribution < -0.4 is 4.74 Å². The largest absolute Gasteiger partial charge is 0.439 e. The minimum absolute atomic E-state index is 0.356. The third-order valence-corrected chi connectivity index (χ3v) is 5.73. The minimum Gasteiger partial charge on any atom is -0.439 e. The van der Waals surface area contributed by atoms with Gasteiger partial charge in [-0.3, -0.25) is 4.90 Å². The third kappa shape index (κ3) is 5.57. The lowest BCUT2D eigenvalue weighted by atomic mass is 10.2. The average Bonchev–Trinajstić information content (AvgIpc) is 3.59. The van der Waals surface area contributed by atoms with Crippen LogP contribution in [0.1, 0.15) is 36.6 Å². The second kappa shape index (κ2) is 10.3. The number of hydrogen-bond acceptors (Lipinski definition) is 5. The molecule has 0 unspecified atom stereocenters. The summed E-state index contributed by atoms with van der Waals surface area (Å²) < 4.78 is 13.8. The molecule has 1 aromatic heterocycles. The molecule has 0 saturated heterocycles. The summed E-state index contributed by atoms with van der Waals surface area (Å²) in [6.45, 7) is 8.24. The Morgan fingerprint density at radius 3 is 2.59 bits per heavy atom. The summed E-state index contributed by atoms with van der Waals surface area (Å²) in [5.74, 6) is 1.52. The average molecular weight is 436 g/mol. The zero-order valence-corrected chi connectivity index (χ0v) is 19.2. The number of benzene rings is 2. The second-order valence-corrected chi connectivity index (χ2v) is 8.51. The Hall–Kier alpha value is -2.67. The molecular weight excluding hydrogens is 402 g/mol. The highest BCUT2D eigenvalue weighted by atomic mass is 16.5. The summed E-state index contributed by atoms with van der Waals surface area (Å²) in [6.07, 6.45) is 1.80. The fraction of sp³-hybridized carbons (Fsp3) is 0.423. The standard InChI is InChI=1S/C26H33N3O3/c1-4-31-18-23(30)16-28(21-13-14-21)17-25-20(3)27-29(22-10-6-5-7-11-22)26(25)32-24-12-8-9-19(2)15-24/h5-12,15,21,23,30H,4,13-14,16-18H2,1-3H3/t23-/m0/s1. The Morgan fingerprint density at radius 1 is 1.12 bits per heavy atom. The van der Waals surface area contributed by atoms with Gasteiger partial charge in [-0.2, -0.15) is 5.10 Å². The zero-order chi connectivity index (χ0) is 22.5. The van der Waals surface area contributed by atoms with E-state index in [2.05, 4.69) is 17.9 Å². The number of aliphatic hydroxyl groups excluding tert-OH is 1. The molecule has 1 aliphatic carbocycles. The molecule has 6 heteroatoms. The van der Waals surface area contributed by atoms with Crippen LogP contribution in [0.25, 0.3) is 5.69 Å². The van der Waals surface area contributed by atoms with Gasteiger partial charge in [-0.1, -0.05) is 30.3 Å². The number of hydrogen-bond donors (Lipinski definition) is 1. The Labute approximate surface area is 190 Å². The molecule has 0 spiro atoms. The van der Waals surface area contributed by atoms with Crippen LogP contribution in [0.4, 0.5) is 0 Å². The summed E-state index contributed by atoms with van der Waals surface area (Å²) in [5, 5.41) is 15.3. The molecule has 0 amide bonds. The first-order chi connectivity index (χ1) is 15.5. The van der Waals surface area contributed by atoms with Gasteiger partial charge in [0.25, 0.3) is 0 Å². The van der Waals surface area contributed by atoms with E-state index in [-0.39, 0.29) is 0 Å². The smallest absolute Gasteiger partial charge is 0.227 e. The number of rotatable bonds is 11. The van der Waals surface area contributed by atoms with Crippen molar-refractivity contribution in [2.24, 2.45) is 0 Å². The van der Waals surface area contributed by atoms with Crippen molar-refractivity contribution in [2.75, 3.05) is 19.8 Å². The molecule has 1 atom stereocenters. The van der Waals surface area contributed by atoms with Crippen LogP contribution >= 0.6 is 0 Å². The number of aromatic nitrogens is 2. The molecule has 1 aliphatic rings. The van der Waals surface area contributed by atoms with E-state index in [0.29, 0.717) is 32.3 Å². The van der Waals surface area contributed by atoms with Crippen molar-refractivity contribution in [1.82, 2.24) is 14.7 Å². The van der Waals surface area contributed by atoms with Crippen molar-refractivity contribution in [3.63, 3.8) is 0 Å². The summed E-state index contributed by atoms with van der Waals surface area (Å²) in [5.41, 5.74) is 4.08. The van der Waals surface area contributed by atoms with Gasteiger partial charge in [0.05, 0.1) is 29.7 Å². The van der Waals surface area contributed by atoms with Crippen LogP contribution in [0.3, 0.4) is 0 Å². The number of aliphatic hydroxyl groups is 1. The van der Waals surface area contributed by atoms with E-state index >= 15 is 0 Å². The molecule has 1 saturated carbocycles. The quantitative estimate of drug-likeness (QED) is 0.475. The molecule has 4 rings (SSSR count). The highest BCUT2D eigenvalue weighted by Crippen LogP contribution is 2.35. The van der Waals surface area contributed by atoms with Gasteiger partial charge >= 0.3 is 0 Å². The van der Waals surface area contributed by atoms with E-state index in [0.717, 1.165) is 47.0 Å². The molecule has 6 nitrogen and oxygen atoms in total. The van der Waals surface area contributed by atoms with E-state index in [9.17, 15) is 5.11 Å². The molecule has 1 heterocycles. The fourth-order valence-corrected chi connectivity index (χ4v) is 3.92. The SMILES string of the molecule is CCOC[C@@H](O)CN(Cc1c(C)nn(-c2ccccc2)c1Oc1cccc(C)c1)C1CC1. The Bertz CT molecular complexity index is 1010. The summed E-state index contributed by atoms with van der Waals surface area (Å²) in [6, 6.07) is 18.6. The van der Waals surface area contributed by atoms with Crippen molar-refractivity contribution in [2.45, 2.75) is 52.3 Å². The van der Waals surface area contributed by atoms with Crippen LogP contribution in [0, 0.1) is 13.8 Å². The summed E-state index contributed by atoms with van der Waals surface area (Å²) >= 11 is 0. The molecule has 2 aromatic carbocycles. The maximum Gasteiger partial charge on any atom is 0.227 e. The van der Waals surface area contributed by atoms with Crippen molar-refractivity contribution in [3.8, 4) is 17.3 Å². The molecule has 3 aromatic rings. The first-order valence-corrected chi connectivity index (χ1v) is 11.4. The van der Waals surface area contributed by atoms with Crippen LogP contribution in [0.2, 0.25) is 0 Å². The van der Waals surface area contributed by atoms with Gasteiger partial charge in [0.1, 0.15) is 5.75 Å². The number of para-hydroxylation sites is 1. The number of nitrogens with zero attached hydrogens (tertiary/aromatic N) is 3. The summed E-state index contributed by atoms with van der Waals surface area (Å²) in [4.78, 5) is 2.34. The van der Waals surface area contributed by atoms with Gasteiger partial charge in [-0.05, 0) is 63.4 Å². The van der Waals surface area contributed by atoms with Gasteiger partial charge in [0, 0.05) is 25.7 Å². The highest BCUT2D eigenvalue weighted by Gasteiger charge is 2.32. The van der Waals surface area contributed by atoms with Gasteiger partial charge in [-0.25, -0.2) is 4.68 Å². The minimum atomic E-state index is -0.513.